The lowest BCUT2D eigenvalue weighted by atomic mass is 10.2. The van der Waals surface area contributed by atoms with Gasteiger partial charge >= 0.3 is 0 Å². The van der Waals surface area contributed by atoms with Crippen LogP contribution in [0.15, 0.2) is 36.4 Å². The van der Waals surface area contributed by atoms with Gasteiger partial charge in [-0.15, -0.1) is 0 Å². The van der Waals surface area contributed by atoms with Crippen LogP contribution in [0, 0.1) is 12.7 Å². The van der Waals surface area contributed by atoms with Crippen LogP contribution < -0.4 is 10.5 Å². The summed E-state index contributed by atoms with van der Waals surface area (Å²) in [6.07, 6.45) is 0. The Hall–Kier alpha value is -1.94. The van der Waals surface area contributed by atoms with Gasteiger partial charge in [0, 0.05) is 23.9 Å². The second-order valence-electron chi connectivity index (χ2n) is 3.64. The number of ether oxygens (including phenoxy) is 1. The van der Waals surface area contributed by atoms with Crippen molar-refractivity contribution in [2.24, 2.45) is 5.73 Å². The van der Waals surface area contributed by atoms with Crippen molar-refractivity contribution in [3.63, 3.8) is 0 Å². The molecule has 0 spiro atoms. The van der Waals surface area contributed by atoms with Crippen LogP contribution in [0.4, 0.5) is 4.39 Å². The minimum atomic E-state index is -0.363. The van der Waals surface area contributed by atoms with Gasteiger partial charge in [-0.2, -0.15) is 0 Å². The van der Waals surface area contributed by atoms with Crippen LogP contribution in [0.25, 0.3) is 0 Å². The van der Waals surface area contributed by atoms with Crippen LogP contribution >= 0.6 is 0 Å². The molecule has 0 saturated carbocycles. The average Bonchev–Trinajstić information content (AvgIpc) is 2.29. The minimum Gasteiger partial charge on any atom is -0.439 e. The maximum absolute atomic E-state index is 13.5. The molecular formula is C13H13FN2O. The Morgan fingerprint density at radius 2 is 2.00 bits per heavy atom. The van der Waals surface area contributed by atoms with Crippen molar-refractivity contribution >= 4 is 0 Å². The molecule has 1 heterocycles. The number of rotatable bonds is 3. The molecule has 0 unspecified atom stereocenters. The van der Waals surface area contributed by atoms with Gasteiger partial charge in [0.1, 0.15) is 11.6 Å². The van der Waals surface area contributed by atoms with Gasteiger partial charge in [-0.3, -0.25) is 0 Å². The lowest BCUT2D eigenvalue weighted by Crippen LogP contribution is -2.03. The molecule has 4 heteroatoms. The zero-order valence-electron chi connectivity index (χ0n) is 9.48. The fourth-order valence-electron chi connectivity index (χ4n) is 1.52. The quantitative estimate of drug-likeness (QED) is 0.885. The number of aromatic nitrogens is 1. The summed E-state index contributed by atoms with van der Waals surface area (Å²) in [5.41, 5.74) is 6.69. The Morgan fingerprint density at radius 1 is 1.24 bits per heavy atom. The zero-order valence-corrected chi connectivity index (χ0v) is 9.48. The first kappa shape index (κ1) is 11.5. The molecule has 1 aromatic carbocycles. The molecule has 0 atom stereocenters. The zero-order chi connectivity index (χ0) is 12.3. The fourth-order valence-corrected chi connectivity index (χ4v) is 1.52. The van der Waals surface area contributed by atoms with Crippen LogP contribution in [0.5, 0.6) is 11.6 Å². The summed E-state index contributed by atoms with van der Waals surface area (Å²) in [5, 5.41) is 0. The Kier molecular flexibility index (Phi) is 3.35. The Balaban J connectivity index is 2.33. The standard InChI is InChI=1S/C13H13FN2O/c1-9-4-2-7-13(16-9)17-12-6-3-5-11(14)10(12)8-15/h2-7H,8,15H2,1H3. The normalized spacial score (nSPS) is 10.3. The molecule has 0 bridgehead atoms. The van der Waals surface area contributed by atoms with Crippen molar-refractivity contribution in [3.8, 4) is 11.6 Å². The molecule has 0 radical (unpaired) electrons. The van der Waals surface area contributed by atoms with E-state index in [1.54, 1.807) is 18.2 Å². The van der Waals surface area contributed by atoms with Crippen LogP contribution in [-0.4, -0.2) is 4.98 Å². The molecule has 2 aromatic rings. The highest BCUT2D eigenvalue weighted by Crippen LogP contribution is 2.25. The van der Waals surface area contributed by atoms with E-state index in [4.69, 9.17) is 10.5 Å². The fraction of sp³-hybridized carbons (Fsp3) is 0.154. The second-order valence-corrected chi connectivity index (χ2v) is 3.64. The van der Waals surface area contributed by atoms with Gasteiger partial charge in [0.25, 0.3) is 0 Å². The molecular weight excluding hydrogens is 219 g/mol. The molecule has 0 aliphatic heterocycles. The molecule has 0 amide bonds. The Bertz CT molecular complexity index is 529. The molecule has 17 heavy (non-hydrogen) atoms. The first-order chi connectivity index (χ1) is 8.20. The van der Waals surface area contributed by atoms with E-state index >= 15 is 0 Å². The number of halogens is 1. The summed E-state index contributed by atoms with van der Waals surface area (Å²) in [6.45, 7) is 1.95. The summed E-state index contributed by atoms with van der Waals surface area (Å²) < 4.78 is 19.0. The van der Waals surface area contributed by atoms with Crippen molar-refractivity contribution < 1.29 is 9.13 Å². The van der Waals surface area contributed by atoms with Gasteiger partial charge in [0.2, 0.25) is 5.88 Å². The van der Waals surface area contributed by atoms with E-state index in [0.29, 0.717) is 17.2 Å². The maximum Gasteiger partial charge on any atom is 0.219 e. The third-order valence-corrected chi connectivity index (χ3v) is 2.36. The largest absolute Gasteiger partial charge is 0.439 e. The molecule has 3 nitrogen and oxygen atoms in total. The van der Waals surface area contributed by atoms with Crippen molar-refractivity contribution in [3.05, 3.63) is 53.5 Å². The molecule has 0 aliphatic carbocycles. The van der Waals surface area contributed by atoms with Gasteiger partial charge in [0.05, 0.1) is 0 Å². The highest BCUT2D eigenvalue weighted by atomic mass is 19.1. The van der Waals surface area contributed by atoms with Crippen LogP contribution in [0.3, 0.4) is 0 Å². The van der Waals surface area contributed by atoms with Crippen molar-refractivity contribution in [1.82, 2.24) is 4.98 Å². The van der Waals surface area contributed by atoms with Gasteiger partial charge in [0.15, 0.2) is 0 Å². The summed E-state index contributed by atoms with van der Waals surface area (Å²) in [7, 11) is 0. The number of aryl methyl sites for hydroxylation is 1. The van der Waals surface area contributed by atoms with Crippen molar-refractivity contribution in [2.75, 3.05) is 0 Å². The second kappa shape index (κ2) is 4.93. The average molecular weight is 232 g/mol. The smallest absolute Gasteiger partial charge is 0.219 e. The highest BCUT2D eigenvalue weighted by molar-refractivity contribution is 5.37. The van der Waals surface area contributed by atoms with E-state index < -0.39 is 0 Å². The van der Waals surface area contributed by atoms with E-state index in [9.17, 15) is 4.39 Å². The lowest BCUT2D eigenvalue weighted by Gasteiger charge is -2.10. The van der Waals surface area contributed by atoms with Gasteiger partial charge in [-0.05, 0) is 25.1 Å². The number of nitrogens with zero attached hydrogens (tertiary/aromatic N) is 1. The number of hydrogen-bond acceptors (Lipinski definition) is 3. The summed E-state index contributed by atoms with van der Waals surface area (Å²) >= 11 is 0. The van der Waals surface area contributed by atoms with Crippen LogP contribution in [0.2, 0.25) is 0 Å². The predicted molar refractivity (Wildman–Crippen MR) is 63.3 cm³/mol. The highest BCUT2D eigenvalue weighted by Gasteiger charge is 2.09. The molecule has 1 aromatic heterocycles. The van der Waals surface area contributed by atoms with E-state index in [2.05, 4.69) is 4.98 Å². The van der Waals surface area contributed by atoms with Crippen molar-refractivity contribution in [2.45, 2.75) is 13.5 Å². The van der Waals surface area contributed by atoms with Crippen LogP contribution in [0.1, 0.15) is 11.3 Å². The maximum atomic E-state index is 13.5. The van der Waals surface area contributed by atoms with E-state index in [1.807, 2.05) is 19.1 Å². The molecule has 0 saturated heterocycles. The topological polar surface area (TPSA) is 48.1 Å². The Morgan fingerprint density at radius 3 is 2.71 bits per heavy atom. The molecule has 0 fully saturated rings. The molecule has 2 N–H and O–H groups in total. The van der Waals surface area contributed by atoms with E-state index in [-0.39, 0.29) is 12.4 Å². The van der Waals surface area contributed by atoms with Crippen LogP contribution in [-0.2, 0) is 6.54 Å². The third kappa shape index (κ3) is 2.60. The number of benzene rings is 1. The first-order valence-electron chi connectivity index (χ1n) is 5.29. The molecule has 0 aliphatic rings. The van der Waals surface area contributed by atoms with E-state index in [0.717, 1.165) is 5.69 Å². The van der Waals surface area contributed by atoms with Gasteiger partial charge < -0.3 is 10.5 Å². The summed E-state index contributed by atoms with van der Waals surface area (Å²) in [4.78, 5) is 4.19. The monoisotopic (exact) mass is 232 g/mol. The predicted octanol–water partition coefficient (Wildman–Crippen LogP) is 2.78. The minimum absolute atomic E-state index is 0.0911. The van der Waals surface area contributed by atoms with Gasteiger partial charge in [-0.1, -0.05) is 12.1 Å². The van der Waals surface area contributed by atoms with Crippen molar-refractivity contribution in [1.29, 1.82) is 0 Å². The molecule has 2 rings (SSSR count). The van der Waals surface area contributed by atoms with Gasteiger partial charge in [-0.25, -0.2) is 9.37 Å². The van der Waals surface area contributed by atoms with E-state index in [1.165, 1.54) is 6.07 Å². The lowest BCUT2D eigenvalue weighted by molar-refractivity contribution is 0.449. The third-order valence-electron chi connectivity index (χ3n) is 2.36. The number of pyridine rings is 1. The summed E-state index contributed by atoms with van der Waals surface area (Å²) in [6, 6.07) is 10.0. The Labute approximate surface area is 99.1 Å². The number of hydrogen-bond donors (Lipinski definition) is 1. The number of nitrogens with two attached hydrogens (primary N) is 1. The first-order valence-corrected chi connectivity index (χ1v) is 5.29. The summed E-state index contributed by atoms with van der Waals surface area (Å²) in [5.74, 6) is 0.480. The molecule has 88 valence electrons. The SMILES string of the molecule is Cc1cccc(Oc2cccc(F)c2CN)n1.